The Kier molecular flexibility index (Phi) is 5.44. The van der Waals surface area contributed by atoms with Crippen LogP contribution in [-0.2, 0) is 21.8 Å². The van der Waals surface area contributed by atoms with E-state index >= 15 is 0 Å². The lowest BCUT2D eigenvalue weighted by atomic mass is 10.1. The van der Waals surface area contributed by atoms with Crippen molar-refractivity contribution in [2.75, 3.05) is 36.5 Å². The maximum absolute atomic E-state index is 11.5. The molecule has 1 aliphatic heterocycles. The number of aryl methyl sites for hydroxylation is 1. The van der Waals surface area contributed by atoms with E-state index in [9.17, 15) is 8.42 Å². The van der Waals surface area contributed by atoms with Gasteiger partial charge < -0.3 is 19.5 Å². The lowest BCUT2D eigenvalue weighted by molar-refractivity contribution is 0.122. The van der Waals surface area contributed by atoms with Crippen LogP contribution in [-0.4, -0.2) is 54.2 Å². The summed E-state index contributed by atoms with van der Waals surface area (Å²) in [6, 6.07) is 14.1. The third-order valence-electron chi connectivity index (χ3n) is 5.48. The van der Waals surface area contributed by atoms with E-state index in [4.69, 9.17) is 19.8 Å². The summed E-state index contributed by atoms with van der Waals surface area (Å²) in [7, 11) is -1.80. The molecule has 3 N–H and O–H groups in total. The van der Waals surface area contributed by atoms with Crippen LogP contribution in [0.1, 0.15) is 0 Å². The number of morpholine rings is 1. The number of nitrogens with one attached hydrogen (secondary N) is 1. The number of aromatic nitrogens is 4. The van der Waals surface area contributed by atoms with Crippen molar-refractivity contribution in [1.82, 2.24) is 19.5 Å². The zero-order valence-electron chi connectivity index (χ0n) is 18.0. The molecular weight excluding hydrogens is 442 g/mol. The van der Waals surface area contributed by atoms with Gasteiger partial charge in [-0.15, -0.1) is 0 Å². The highest BCUT2D eigenvalue weighted by molar-refractivity contribution is 7.89. The fourth-order valence-electron chi connectivity index (χ4n) is 3.71. The monoisotopic (exact) mass is 465 g/mol. The average molecular weight is 466 g/mol. The van der Waals surface area contributed by atoms with E-state index in [0.29, 0.717) is 43.8 Å². The lowest BCUT2D eigenvalue weighted by Crippen LogP contribution is -2.37. The van der Waals surface area contributed by atoms with Crippen molar-refractivity contribution in [2.45, 2.75) is 4.90 Å². The second kappa shape index (κ2) is 8.43. The molecule has 0 aliphatic carbocycles. The van der Waals surface area contributed by atoms with Crippen molar-refractivity contribution >= 4 is 38.5 Å². The summed E-state index contributed by atoms with van der Waals surface area (Å²) in [5, 5.41) is 8.45. The first-order valence-corrected chi connectivity index (χ1v) is 11.9. The predicted molar refractivity (Wildman–Crippen MR) is 126 cm³/mol. The molecule has 0 spiro atoms. The third-order valence-corrected chi connectivity index (χ3v) is 6.41. The molecule has 1 aliphatic rings. The van der Waals surface area contributed by atoms with Gasteiger partial charge in [-0.2, -0.15) is 4.98 Å². The van der Waals surface area contributed by atoms with E-state index in [1.54, 1.807) is 18.5 Å². The van der Waals surface area contributed by atoms with E-state index in [0.717, 1.165) is 22.3 Å². The Labute approximate surface area is 191 Å². The van der Waals surface area contributed by atoms with Gasteiger partial charge in [0.15, 0.2) is 0 Å². The van der Waals surface area contributed by atoms with Crippen LogP contribution in [0.25, 0.3) is 22.3 Å². The Hall–Kier alpha value is -3.54. The van der Waals surface area contributed by atoms with Crippen molar-refractivity contribution in [3.63, 3.8) is 0 Å². The van der Waals surface area contributed by atoms with Gasteiger partial charge in [-0.1, -0.05) is 6.07 Å². The number of imidazole rings is 1. The van der Waals surface area contributed by atoms with Crippen LogP contribution in [0.5, 0.6) is 0 Å². The number of fused-ring (bicyclic) bond motifs is 1. The summed E-state index contributed by atoms with van der Waals surface area (Å²) in [6.07, 6.45) is 1.78. The molecule has 170 valence electrons. The first-order valence-electron chi connectivity index (χ1n) is 10.4. The number of ether oxygens (including phenoxy) is 1. The van der Waals surface area contributed by atoms with Crippen molar-refractivity contribution in [1.29, 1.82) is 0 Å². The fraction of sp³-hybridized carbons (Fsp3) is 0.227. The number of primary sulfonamides is 1. The molecule has 1 saturated heterocycles. The number of sulfonamides is 1. The smallest absolute Gasteiger partial charge is 0.238 e. The van der Waals surface area contributed by atoms with Crippen molar-refractivity contribution in [3.05, 3.63) is 54.9 Å². The first kappa shape index (κ1) is 21.3. The van der Waals surface area contributed by atoms with Crippen LogP contribution in [0, 0.1) is 0 Å². The lowest BCUT2D eigenvalue weighted by Gasteiger charge is -2.27. The van der Waals surface area contributed by atoms with Crippen LogP contribution in [0.2, 0.25) is 0 Å². The molecule has 33 heavy (non-hydrogen) atoms. The van der Waals surface area contributed by atoms with E-state index in [1.165, 1.54) is 12.1 Å². The molecule has 2 aromatic heterocycles. The minimum atomic E-state index is -3.75. The largest absolute Gasteiger partial charge is 0.378 e. The van der Waals surface area contributed by atoms with Crippen molar-refractivity contribution < 1.29 is 13.2 Å². The standard InChI is InChI=1S/C22H23N7O3S/c1-28-14-24-18-7-2-15(12-20(18)28)19-13-21(27-22(26-19)29-8-10-32-11-9-29)25-16-3-5-17(6-4-16)33(23,30)31/h2-7,12-14H,8-11H2,1H3,(H2,23,30,31)(H,25,26,27). The third kappa shape index (κ3) is 4.51. The zero-order valence-corrected chi connectivity index (χ0v) is 18.8. The summed E-state index contributed by atoms with van der Waals surface area (Å²) in [6.45, 7) is 2.64. The summed E-state index contributed by atoms with van der Waals surface area (Å²) >= 11 is 0. The van der Waals surface area contributed by atoms with Crippen LogP contribution >= 0.6 is 0 Å². The molecule has 2 aromatic carbocycles. The summed E-state index contributed by atoms with van der Waals surface area (Å²) < 4.78 is 30.5. The molecule has 5 rings (SSSR count). The molecule has 1 fully saturated rings. The Morgan fingerprint density at radius 1 is 1.03 bits per heavy atom. The molecule has 0 amide bonds. The summed E-state index contributed by atoms with van der Waals surface area (Å²) in [4.78, 5) is 16.1. The highest BCUT2D eigenvalue weighted by atomic mass is 32.2. The molecule has 0 radical (unpaired) electrons. The number of nitrogens with zero attached hydrogens (tertiary/aromatic N) is 5. The van der Waals surface area contributed by atoms with Crippen LogP contribution in [0.3, 0.4) is 0 Å². The fourth-order valence-corrected chi connectivity index (χ4v) is 4.23. The van der Waals surface area contributed by atoms with Gasteiger partial charge in [0.1, 0.15) is 5.82 Å². The number of rotatable bonds is 5. The molecule has 0 saturated carbocycles. The van der Waals surface area contributed by atoms with Crippen molar-refractivity contribution in [3.8, 4) is 11.3 Å². The van der Waals surface area contributed by atoms with Gasteiger partial charge >= 0.3 is 0 Å². The number of anilines is 3. The Balaban J connectivity index is 1.54. The molecule has 11 heteroatoms. The van der Waals surface area contributed by atoms with Gasteiger partial charge in [-0.3, -0.25) is 0 Å². The van der Waals surface area contributed by atoms with E-state index in [1.807, 2.05) is 29.8 Å². The summed E-state index contributed by atoms with van der Waals surface area (Å²) in [5.74, 6) is 1.19. The number of hydrogen-bond donors (Lipinski definition) is 2. The Bertz CT molecular complexity index is 1410. The number of hydrogen-bond acceptors (Lipinski definition) is 8. The maximum Gasteiger partial charge on any atom is 0.238 e. The number of nitrogens with two attached hydrogens (primary N) is 1. The van der Waals surface area contributed by atoms with Gasteiger partial charge in [-0.05, 0) is 36.4 Å². The quantitative estimate of drug-likeness (QED) is 0.459. The maximum atomic E-state index is 11.5. The molecule has 0 unspecified atom stereocenters. The minimum Gasteiger partial charge on any atom is -0.378 e. The zero-order chi connectivity index (χ0) is 23.0. The van der Waals surface area contributed by atoms with E-state index < -0.39 is 10.0 Å². The molecule has 3 heterocycles. The normalized spacial score (nSPS) is 14.5. The molecule has 10 nitrogen and oxygen atoms in total. The summed E-state index contributed by atoms with van der Waals surface area (Å²) in [5.41, 5.74) is 4.31. The SMILES string of the molecule is Cn1cnc2ccc(-c3cc(Nc4ccc(S(N)(=O)=O)cc4)nc(N4CCOCC4)n3)cc21. The molecule has 0 atom stereocenters. The van der Waals surface area contributed by atoms with Crippen molar-refractivity contribution in [2.24, 2.45) is 12.2 Å². The molecule has 4 aromatic rings. The first-order chi connectivity index (χ1) is 15.9. The predicted octanol–water partition coefficient (Wildman–Crippen LogP) is 2.26. The van der Waals surface area contributed by atoms with Gasteiger partial charge in [0.05, 0.1) is 41.2 Å². The second-order valence-electron chi connectivity index (χ2n) is 7.79. The van der Waals surface area contributed by atoms with E-state index in [-0.39, 0.29) is 4.90 Å². The average Bonchev–Trinajstić information content (AvgIpc) is 3.19. The van der Waals surface area contributed by atoms with E-state index in [2.05, 4.69) is 21.3 Å². The minimum absolute atomic E-state index is 0.0508. The highest BCUT2D eigenvalue weighted by Gasteiger charge is 2.17. The van der Waals surface area contributed by atoms with Crippen LogP contribution in [0.4, 0.5) is 17.5 Å². The van der Waals surface area contributed by atoms with Gasteiger partial charge in [-0.25, -0.2) is 23.5 Å². The Morgan fingerprint density at radius 2 is 1.79 bits per heavy atom. The second-order valence-corrected chi connectivity index (χ2v) is 9.35. The van der Waals surface area contributed by atoms with Crippen LogP contribution < -0.4 is 15.4 Å². The Morgan fingerprint density at radius 3 is 2.52 bits per heavy atom. The molecule has 0 bridgehead atoms. The molecular formula is C22H23N7O3S. The van der Waals surface area contributed by atoms with Gasteiger partial charge in [0.25, 0.3) is 0 Å². The van der Waals surface area contributed by atoms with Crippen LogP contribution in [0.15, 0.2) is 59.8 Å². The number of benzene rings is 2. The van der Waals surface area contributed by atoms with Gasteiger partial charge in [0, 0.05) is 37.5 Å². The highest BCUT2D eigenvalue weighted by Crippen LogP contribution is 2.28. The van der Waals surface area contributed by atoms with Gasteiger partial charge in [0.2, 0.25) is 16.0 Å². The topological polar surface area (TPSA) is 128 Å².